The number of rotatable bonds is 7. The third kappa shape index (κ3) is 5.63. The van der Waals surface area contributed by atoms with Gasteiger partial charge in [0.25, 0.3) is 0 Å². The molecule has 0 N–H and O–H groups in total. The molecule has 0 amide bonds. The first-order valence-corrected chi connectivity index (χ1v) is 10.6. The Morgan fingerprint density at radius 3 is 2.26 bits per heavy atom. The molecule has 3 rings (SSSR count). The van der Waals surface area contributed by atoms with Crippen LogP contribution in [0.2, 0.25) is 0 Å². The van der Waals surface area contributed by atoms with E-state index in [0.29, 0.717) is 5.92 Å². The van der Waals surface area contributed by atoms with Crippen molar-refractivity contribution in [1.82, 2.24) is 0 Å². The van der Waals surface area contributed by atoms with Crippen LogP contribution in [0.3, 0.4) is 0 Å². The Morgan fingerprint density at radius 1 is 0.926 bits per heavy atom. The van der Waals surface area contributed by atoms with Crippen molar-refractivity contribution in [3.8, 4) is 0 Å². The van der Waals surface area contributed by atoms with Crippen molar-refractivity contribution in [2.45, 2.75) is 58.8 Å². The highest BCUT2D eigenvalue weighted by Crippen LogP contribution is 2.33. The fraction of sp³-hybridized carbons (Fsp3) is 0.440. The summed E-state index contributed by atoms with van der Waals surface area (Å²) in [5.74, 6) is 1.42. The summed E-state index contributed by atoms with van der Waals surface area (Å²) in [4.78, 5) is 0. The topological polar surface area (TPSA) is 24.7 Å². The van der Waals surface area contributed by atoms with Gasteiger partial charge >= 0.3 is 0 Å². The molecule has 0 radical (unpaired) electrons. The van der Waals surface area contributed by atoms with E-state index in [0.717, 1.165) is 23.6 Å². The minimum atomic E-state index is 0.527. The molecule has 0 unspecified atom stereocenters. The number of hydrogen-bond donors (Lipinski definition) is 0. The molecule has 1 aliphatic carbocycles. The van der Waals surface area contributed by atoms with Gasteiger partial charge in [-0.05, 0) is 54.7 Å². The van der Waals surface area contributed by atoms with Gasteiger partial charge in [0.1, 0.15) is 0 Å². The van der Waals surface area contributed by atoms with Gasteiger partial charge in [0, 0.05) is 5.92 Å². The number of benzene rings is 2. The van der Waals surface area contributed by atoms with Gasteiger partial charge in [0.15, 0.2) is 0 Å². The molecule has 1 fully saturated rings. The van der Waals surface area contributed by atoms with E-state index in [1.807, 2.05) is 6.21 Å². The molecule has 1 saturated carbocycles. The van der Waals surface area contributed by atoms with Gasteiger partial charge in [0.05, 0.1) is 11.9 Å². The molecular weight excluding hydrogens is 328 g/mol. The lowest BCUT2D eigenvalue weighted by Crippen LogP contribution is -2.22. The van der Waals surface area contributed by atoms with Crippen LogP contribution in [-0.2, 0) is 6.42 Å². The van der Waals surface area contributed by atoms with Crippen molar-refractivity contribution in [2.24, 2.45) is 22.0 Å². The molecular formula is C25H32N2. The SMILES string of the molecule is CCCc1ccc(C=NN=C(c2ccccc2)C2CCC(CC)CC2)cc1. The molecule has 0 aromatic heterocycles. The van der Waals surface area contributed by atoms with Gasteiger partial charge < -0.3 is 0 Å². The fourth-order valence-corrected chi connectivity index (χ4v) is 4.04. The van der Waals surface area contributed by atoms with Crippen molar-refractivity contribution in [2.75, 3.05) is 0 Å². The second-order valence-electron chi connectivity index (χ2n) is 7.71. The number of hydrogen-bond acceptors (Lipinski definition) is 2. The standard InChI is InChI=1S/C25H32N2/c1-3-8-21-11-13-22(14-12-21)19-26-27-25(23-9-6-5-7-10-23)24-17-15-20(4-2)16-18-24/h5-7,9-14,19-20,24H,3-4,8,15-18H2,1-2H3. The maximum atomic E-state index is 4.71. The van der Waals surface area contributed by atoms with E-state index in [1.54, 1.807) is 0 Å². The van der Waals surface area contributed by atoms with Gasteiger partial charge in [-0.3, -0.25) is 0 Å². The first-order valence-electron chi connectivity index (χ1n) is 10.6. The maximum absolute atomic E-state index is 4.71. The zero-order valence-corrected chi connectivity index (χ0v) is 16.8. The van der Waals surface area contributed by atoms with Crippen LogP contribution in [0, 0.1) is 11.8 Å². The van der Waals surface area contributed by atoms with Gasteiger partial charge in [-0.15, -0.1) is 0 Å². The Hall–Kier alpha value is -2.22. The molecule has 0 atom stereocenters. The highest BCUT2D eigenvalue weighted by molar-refractivity contribution is 6.02. The van der Waals surface area contributed by atoms with Crippen LogP contribution < -0.4 is 0 Å². The summed E-state index contributed by atoms with van der Waals surface area (Å²) in [6.45, 7) is 4.52. The quantitative estimate of drug-likeness (QED) is 0.389. The molecule has 142 valence electrons. The largest absolute Gasteiger partial charge is 0.158 e. The number of aryl methyl sites for hydroxylation is 1. The zero-order chi connectivity index (χ0) is 18.9. The van der Waals surface area contributed by atoms with Crippen LogP contribution in [0.5, 0.6) is 0 Å². The highest BCUT2D eigenvalue weighted by Gasteiger charge is 2.24. The smallest absolute Gasteiger partial charge is 0.0733 e. The molecule has 2 aromatic rings. The lowest BCUT2D eigenvalue weighted by Gasteiger charge is -2.28. The second-order valence-corrected chi connectivity index (χ2v) is 7.71. The molecule has 0 aliphatic heterocycles. The lowest BCUT2D eigenvalue weighted by atomic mass is 9.77. The van der Waals surface area contributed by atoms with E-state index >= 15 is 0 Å². The van der Waals surface area contributed by atoms with Crippen LogP contribution in [0.25, 0.3) is 0 Å². The highest BCUT2D eigenvalue weighted by atomic mass is 15.2. The van der Waals surface area contributed by atoms with E-state index in [1.165, 1.54) is 49.7 Å². The first kappa shape index (κ1) is 19.5. The maximum Gasteiger partial charge on any atom is 0.0733 e. The van der Waals surface area contributed by atoms with Gasteiger partial charge in [-0.1, -0.05) is 81.3 Å². The summed E-state index contributed by atoms with van der Waals surface area (Å²) in [6, 6.07) is 19.3. The molecule has 27 heavy (non-hydrogen) atoms. The number of nitrogens with zero attached hydrogens (tertiary/aromatic N) is 2. The van der Waals surface area contributed by atoms with E-state index in [9.17, 15) is 0 Å². The molecule has 2 aromatic carbocycles. The van der Waals surface area contributed by atoms with Gasteiger partial charge in [-0.25, -0.2) is 0 Å². The Morgan fingerprint density at radius 2 is 1.63 bits per heavy atom. The lowest BCUT2D eigenvalue weighted by molar-refractivity contribution is 0.315. The van der Waals surface area contributed by atoms with Gasteiger partial charge in [0.2, 0.25) is 0 Å². The molecule has 2 nitrogen and oxygen atoms in total. The summed E-state index contributed by atoms with van der Waals surface area (Å²) in [5.41, 5.74) is 4.87. The Bertz CT molecular complexity index is 736. The minimum Gasteiger partial charge on any atom is -0.158 e. The monoisotopic (exact) mass is 360 g/mol. The molecule has 0 spiro atoms. The van der Waals surface area contributed by atoms with E-state index in [4.69, 9.17) is 5.10 Å². The molecule has 1 aliphatic rings. The fourth-order valence-electron chi connectivity index (χ4n) is 4.04. The Kier molecular flexibility index (Phi) is 7.38. The molecule has 0 saturated heterocycles. The second kappa shape index (κ2) is 10.2. The van der Waals surface area contributed by atoms with Crippen molar-refractivity contribution < 1.29 is 0 Å². The third-order valence-corrected chi connectivity index (χ3v) is 5.77. The molecule has 2 heteroatoms. The van der Waals surface area contributed by atoms with E-state index in [2.05, 4.69) is 73.5 Å². The van der Waals surface area contributed by atoms with Crippen LogP contribution in [0.4, 0.5) is 0 Å². The summed E-state index contributed by atoms with van der Waals surface area (Å²) >= 11 is 0. The summed E-state index contributed by atoms with van der Waals surface area (Å²) in [7, 11) is 0. The molecule has 0 bridgehead atoms. The molecule has 0 heterocycles. The normalized spacial score (nSPS) is 20.9. The van der Waals surface area contributed by atoms with Gasteiger partial charge in [-0.2, -0.15) is 10.2 Å². The van der Waals surface area contributed by atoms with E-state index in [-0.39, 0.29) is 0 Å². The Labute approximate surface area is 164 Å². The van der Waals surface area contributed by atoms with Crippen molar-refractivity contribution in [3.05, 3.63) is 71.3 Å². The van der Waals surface area contributed by atoms with Crippen molar-refractivity contribution in [1.29, 1.82) is 0 Å². The summed E-state index contributed by atoms with van der Waals surface area (Å²) in [5, 5.41) is 9.18. The van der Waals surface area contributed by atoms with Crippen molar-refractivity contribution in [3.63, 3.8) is 0 Å². The van der Waals surface area contributed by atoms with Crippen LogP contribution in [-0.4, -0.2) is 11.9 Å². The van der Waals surface area contributed by atoms with E-state index < -0.39 is 0 Å². The zero-order valence-electron chi connectivity index (χ0n) is 16.8. The van der Waals surface area contributed by atoms with Crippen LogP contribution >= 0.6 is 0 Å². The summed E-state index contributed by atoms with van der Waals surface area (Å²) < 4.78 is 0. The Balaban J connectivity index is 1.76. The average Bonchev–Trinajstić information content (AvgIpc) is 2.73. The van der Waals surface area contributed by atoms with Crippen LogP contribution in [0.1, 0.15) is 69.1 Å². The predicted octanol–water partition coefficient (Wildman–Crippen LogP) is 6.68. The summed E-state index contributed by atoms with van der Waals surface area (Å²) in [6.07, 6.45) is 10.6. The van der Waals surface area contributed by atoms with Crippen LogP contribution in [0.15, 0.2) is 64.8 Å². The van der Waals surface area contributed by atoms with Crippen molar-refractivity contribution >= 4 is 11.9 Å². The average molecular weight is 361 g/mol. The third-order valence-electron chi connectivity index (χ3n) is 5.77. The predicted molar refractivity (Wildman–Crippen MR) is 117 cm³/mol. The minimum absolute atomic E-state index is 0.527. The first-order chi connectivity index (χ1) is 13.3.